The van der Waals surface area contributed by atoms with E-state index < -0.39 is 0 Å². The lowest BCUT2D eigenvalue weighted by Crippen LogP contribution is -2.27. The molecule has 2 N–H and O–H groups in total. The number of rotatable bonds is 8. The molecule has 24 heavy (non-hydrogen) atoms. The summed E-state index contributed by atoms with van der Waals surface area (Å²) >= 11 is 0. The molecule has 0 spiro atoms. The molecule has 1 aromatic heterocycles. The number of aromatic nitrogens is 2. The quantitative estimate of drug-likeness (QED) is 0.697. The highest BCUT2D eigenvalue weighted by Gasteiger charge is 2.12. The molecule has 0 aliphatic carbocycles. The van der Waals surface area contributed by atoms with E-state index in [1.165, 1.54) is 0 Å². The van der Waals surface area contributed by atoms with Gasteiger partial charge in [-0.05, 0) is 46.0 Å². The number of amides is 1. The zero-order valence-electron chi connectivity index (χ0n) is 14.5. The Morgan fingerprint density at radius 3 is 2.58 bits per heavy atom. The maximum Gasteiger partial charge on any atom is 0.220 e. The summed E-state index contributed by atoms with van der Waals surface area (Å²) in [4.78, 5) is 16.4. The summed E-state index contributed by atoms with van der Waals surface area (Å²) in [5.41, 5.74) is 2.18. The first-order chi connectivity index (χ1) is 10.6. The van der Waals surface area contributed by atoms with Gasteiger partial charge in [0, 0.05) is 25.4 Å². The maximum atomic E-state index is 11.7. The average molecular weight is 375 g/mol. The average Bonchev–Trinajstić information content (AvgIpc) is 2.85. The Morgan fingerprint density at radius 1 is 1.21 bits per heavy atom. The van der Waals surface area contributed by atoms with Crippen LogP contribution in [0.15, 0.2) is 24.3 Å². The summed E-state index contributed by atoms with van der Waals surface area (Å²) in [5.74, 6) is 1.15. The number of halogens is 2. The van der Waals surface area contributed by atoms with Crippen LogP contribution in [0.4, 0.5) is 0 Å². The van der Waals surface area contributed by atoms with Gasteiger partial charge >= 0.3 is 0 Å². The zero-order valence-corrected chi connectivity index (χ0v) is 16.2. The topological polar surface area (TPSA) is 59.0 Å². The molecule has 0 saturated heterocycles. The number of hydrogen-bond donors (Lipinski definition) is 2. The highest BCUT2D eigenvalue weighted by molar-refractivity contribution is 5.85. The molecule has 2 rings (SSSR count). The molecule has 1 heterocycles. The molecule has 7 heteroatoms. The lowest BCUT2D eigenvalue weighted by Gasteiger charge is -2.13. The van der Waals surface area contributed by atoms with E-state index in [1.54, 1.807) is 0 Å². The molecular formula is C17H28Cl2N4O. The Morgan fingerprint density at radius 2 is 1.92 bits per heavy atom. The number of imidazole rings is 1. The number of fused-ring (bicyclic) bond motifs is 1. The maximum absolute atomic E-state index is 11.7. The van der Waals surface area contributed by atoms with Gasteiger partial charge in [0.25, 0.3) is 0 Å². The van der Waals surface area contributed by atoms with E-state index >= 15 is 0 Å². The monoisotopic (exact) mass is 374 g/mol. The Bertz CT molecular complexity index is 628. The molecule has 1 amide bonds. The minimum absolute atomic E-state index is 0. The van der Waals surface area contributed by atoms with Gasteiger partial charge in [0.05, 0.1) is 11.0 Å². The van der Waals surface area contributed by atoms with Crippen LogP contribution in [0.3, 0.4) is 0 Å². The predicted molar refractivity (Wildman–Crippen MR) is 104 cm³/mol. The van der Waals surface area contributed by atoms with Crippen molar-refractivity contribution in [2.24, 2.45) is 0 Å². The highest BCUT2D eigenvalue weighted by atomic mass is 35.5. The van der Waals surface area contributed by atoms with Gasteiger partial charge in [0.2, 0.25) is 5.91 Å². The van der Waals surface area contributed by atoms with Crippen molar-refractivity contribution in [2.45, 2.75) is 39.2 Å². The largest absolute Gasteiger partial charge is 0.356 e. The number of benzene rings is 1. The minimum Gasteiger partial charge on any atom is -0.356 e. The Balaban J connectivity index is 0.00000264. The normalized spacial score (nSPS) is 10.3. The van der Waals surface area contributed by atoms with Crippen molar-refractivity contribution in [1.82, 2.24) is 20.2 Å². The van der Waals surface area contributed by atoms with Crippen LogP contribution in [0.5, 0.6) is 0 Å². The number of para-hydroxylation sites is 2. The fourth-order valence-electron chi connectivity index (χ4n) is 2.67. The van der Waals surface area contributed by atoms with Gasteiger partial charge in [-0.3, -0.25) is 4.79 Å². The molecule has 0 radical (unpaired) electrons. The first-order valence-electron chi connectivity index (χ1n) is 8.00. The van der Waals surface area contributed by atoms with Crippen molar-refractivity contribution in [1.29, 1.82) is 0 Å². The summed E-state index contributed by atoms with van der Waals surface area (Å²) in [5, 5.41) is 6.03. The molecule has 0 aliphatic rings. The summed E-state index contributed by atoms with van der Waals surface area (Å²) in [6.07, 6.45) is 2.19. The van der Waals surface area contributed by atoms with Crippen LogP contribution in [0.25, 0.3) is 11.0 Å². The van der Waals surface area contributed by atoms with Gasteiger partial charge in [-0.25, -0.2) is 4.98 Å². The number of hydrogen-bond acceptors (Lipinski definition) is 3. The Labute approximate surface area is 156 Å². The molecule has 136 valence electrons. The molecule has 2 aromatic rings. The predicted octanol–water partition coefficient (Wildman–Crippen LogP) is 3.12. The second-order valence-corrected chi connectivity index (χ2v) is 5.79. The van der Waals surface area contributed by atoms with Crippen LogP contribution in [0.1, 0.15) is 38.6 Å². The SMILES string of the molecule is CNCCCC(=O)NCCc1nc2ccccc2n1C(C)C.Cl.Cl. The van der Waals surface area contributed by atoms with Crippen LogP contribution in [-0.2, 0) is 11.2 Å². The second kappa shape index (κ2) is 11.3. The smallest absolute Gasteiger partial charge is 0.220 e. The Kier molecular flexibility index (Phi) is 10.7. The summed E-state index contributed by atoms with van der Waals surface area (Å²) in [6, 6.07) is 8.54. The van der Waals surface area contributed by atoms with E-state index in [4.69, 9.17) is 4.98 Å². The third-order valence-corrected chi connectivity index (χ3v) is 3.69. The van der Waals surface area contributed by atoms with Crippen LogP contribution >= 0.6 is 24.8 Å². The summed E-state index contributed by atoms with van der Waals surface area (Å²) in [7, 11) is 1.90. The van der Waals surface area contributed by atoms with Crippen LogP contribution in [0, 0.1) is 0 Å². The van der Waals surface area contributed by atoms with Crippen molar-refractivity contribution < 1.29 is 4.79 Å². The van der Waals surface area contributed by atoms with Crippen LogP contribution < -0.4 is 10.6 Å². The van der Waals surface area contributed by atoms with Gasteiger partial charge in [-0.15, -0.1) is 24.8 Å². The first kappa shape index (κ1) is 22.7. The molecule has 5 nitrogen and oxygen atoms in total. The van der Waals surface area contributed by atoms with Gasteiger partial charge < -0.3 is 15.2 Å². The second-order valence-electron chi connectivity index (χ2n) is 5.79. The van der Waals surface area contributed by atoms with Crippen LogP contribution in [0.2, 0.25) is 0 Å². The van der Waals surface area contributed by atoms with Crippen molar-refractivity contribution in [2.75, 3.05) is 20.1 Å². The minimum atomic E-state index is 0. The van der Waals surface area contributed by atoms with Gasteiger partial charge in [-0.2, -0.15) is 0 Å². The zero-order chi connectivity index (χ0) is 15.9. The molecule has 1 aromatic carbocycles. The fourth-order valence-corrected chi connectivity index (χ4v) is 2.67. The van der Waals surface area contributed by atoms with E-state index in [0.29, 0.717) is 19.0 Å². The highest BCUT2D eigenvalue weighted by Crippen LogP contribution is 2.20. The molecule has 0 bridgehead atoms. The van der Waals surface area contributed by atoms with E-state index in [0.717, 1.165) is 36.2 Å². The molecule has 0 aliphatic heterocycles. The van der Waals surface area contributed by atoms with E-state index in [2.05, 4.69) is 35.1 Å². The van der Waals surface area contributed by atoms with Crippen LogP contribution in [-0.4, -0.2) is 35.6 Å². The van der Waals surface area contributed by atoms with E-state index in [1.807, 2.05) is 25.2 Å². The van der Waals surface area contributed by atoms with Crippen molar-refractivity contribution in [3.63, 3.8) is 0 Å². The molecule has 0 atom stereocenters. The first-order valence-corrected chi connectivity index (χ1v) is 8.00. The number of nitrogens with zero attached hydrogens (tertiary/aromatic N) is 2. The summed E-state index contributed by atoms with van der Waals surface area (Å²) in [6.45, 7) is 5.83. The summed E-state index contributed by atoms with van der Waals surface area (Å²) < 4.78 is 2.25. The van der Waals surface area contributed by atoms with E-state index in [9.17, 15) is 4.79 Å². The van der Waals surface area contributed by atoms with Crippen molar-refractivity contribution in [3.8, 4) is 0 Å². The lowest BCUT2D eigenvalue weighted by atomic mass is 10.2. The Hall–Kier alpha value is -1.30. The van der Waals surface area contributed by atoms with Gasteiger partial charge in [0.15, 0.2) is 0 Å². The number of carbonyl (C=O) groups is 1. The number of carbonyl (C=O) groups excluding carboxylic acids is 1. The lowest BCUT2D eigenvalue weighted by molar-refractivity contribution is -0.121. The van der Waals surface area contributed by atoms with Crippen molar-refractivity contribution in [3.05, 3.63) is 30.1 Å². The number of nitrogens with one attached hydrogen (secondary N) is 2. The standard InChI is InChI=1S/C17H26N4O.2ClH/c1-13(2)21-15-8-5-4-7-14(15)20-16(21)10-12-19-17(22)9-6-11-18-3;;/h4-5,7-8,13,18H,6,9-12H2,1-3H3,(H,19,22);2*1H. The molecule has 0 unspecified atom stereocenters. The fraction of sp³-hybridized carbons (Fsp3) is 0.529. The molecular weight excluding hydrogens is 347 g/mol. The third-order valence-electron chi connectivity index (χ3n) is 3.69. The van der Waals surface area contributed by atoms with Crippen molar-refractivity contribution >= 4 is 41.8 Å². The molecule has 0 saturated carbocycles. The van der Waals surface area contributed by atoms with Gasteiger partial charge in [0.1, 0.15) is 5.82 Å². The van der Waals surface area contributed by atoms with Gasteiger partial charge in [-0.1, -0.05) is 12.1 Å². The third kappa shape index (κ3) is 5.96. The molecule has 0 fully saturated rings. The van der Waals surface area contributed by atoms with E-state index in [-0.39, 0.29) is 30.7 Å².